The minimum absolute atomic E-state index is 0.436. The lowest BCUT2D eigenvalue weighted by atomic mass is 10.1. The molecular weight excluding hydrogens is 233 g/mol. The minimum Gasteiger partial charge on any atom is -0.386 e. The van der Waals surface area contributed by atoms with Crippen LogP contribution in [0.15, 0.2) is 30.3 Å². The maximum absolute atomic E-state index is 11.9. The Morgan fingerprint density at radius 3 is 2.35 bits per heavy atom. The molecule has 2 atom stereocenters. The van der Waals surface area contributed by atoms with Crippen LogP contribution in [0.25, 0.3) is 0 Å². The van der Waals surface area contributed by atoms with Gasteiger partial charge in [0.05, 0.1) is 19.1 Å². The first-order valence-electron chi connectivity index (χ1n) is 5.31. The van der Waals surface area contributed by atoms with Gasteiger partial charge in [-0.1, -0.05) is 30.3 Å². The smallest absolute Gasteiger partial charge is 0.386 e. The van der Waals surface area contributed by atoms with Gasteiger partial charge in [-0.05, 0) is 12.5 Å². The summed E-state index contributed by atoms with van der Waals surface area (Å²) >= 11 is 0. The Morgan fingerprint density at radius 2 is 1.82 bits per heavy atom. The number of halogens is 3. The van der Waals surface area contributed by atoms with Gasteiger partial charge in [-0.3, -0.25) is 0 Å². The zero-order valence-corrected chi connectivity index (χ0v) is 9.45. The Hall–Kier alpha value is -1.07. The van der Waals surface area contributed by atoms with Crippen molar-refractivity contribution < 1.29 is 23.0 Å². The van der Waals surface area contributed by atoms with Gasteiger partial charge >= 0.3 is 6.18 Å². The summed E-state index contributed by atoms with van der Waals surface area (Å²) < 4.78 is 40.6. The first-order chi connectivity index (χ1) is 7.90. The zero-order valence-electron chi connectivity index (χ0n) is 9.45. The summed E-state index contributed by atoms with van der Waals surface area (Å²) in [5.41, 5.74) is 0.631. The molecule has 0 heterocycles. The van der Waals surface area contributed by atoms with Crippen LogP contribution in [-0.2, 0) is 4.74 Å². The number of aliphatic hydroxyl groups is 1. The molecule has 2 unspecified atom stereocenters. The van der Waals surface area contributed by atoms with E-state index in [9.17, 15) is 18.3 Å². The summed E-state index contributed by atoms with van der Waals surface area (Å²) in [6.45, 7) is 1.11. The molecule has 5 heteroatoms. The van der Waals surface area contributed by atoms with E-state index in [4.69, 9.17) is 4.74 Å². The highest BCUT2D eigenvalue weighted by Crippen LogP contribution is 2.22. The van der Waals surface area contributed by atoms with Crippen LogP contribution in [-0.4, -0.2) is 24.0 Å². The van der Waals surface area contributed by atoms with Crippen LogP contribution in [0.3, 0.4) is 0 Å². The van der Waals surface area contributed by atoms with Crippen LogP contribution >= 0.6 is 0 Å². The molecule has 0 saturated carbocycles. The highest BCUT2D eigenvalue weighted by molar-refractivity contribution is 5.18. The van der Waals surface area contributed by atoms with E-state index in [1.54, 1.807) is 37.3 Å². The van der Waals surface area contributed by atoms with Crippen molar-refractivity contribution in [1.82, 2.24) is 0 Å². The van der Waals surface area contributed by atoms with Crippen LogP contribution in [0.2, 0.25) is 0 Å². The Balaban J connectivity index is 2.40. The van der Waals surface area contributed by atoms with Crippen LogP contribution < -0.4 is 0 Å². The Kier molecular flexibility index (Phi) is 4.96. The van der Waals surface area contributed by atoms with E-state index in [1.165, 1.54) is 0 Å². The Morgan fingerprint density at radius 1 is 1.24 bits per heavy atom. The number of rotatable bonds is 5. The molecule has 0 aliphatic heterocycles. The Bertz CT molecular complexity index is 324. The molecule has 0 aromatic heterocycles. The predicted molar refractivity (Wildman–Crippen MR) is 57.5 cm³/mol. The van der Waals surface area contributed by atoms with Crippen LogP contribution in [0.5, 0.6) is 0 Å². The lowest BCUT2D eigenvalue weighted by Gasteiger charge is -2.20. The van der Waals surface area contributed by atoms with Gasteiger partial charge in [-0.15, -0.1) is 0 Å². The maximum Gasteiger partial charge on any atom is 0.391 e. The molecule has 0 spiro atoms. The fourth-order valence-electron chi connectivity index (χ4n) is 1.37. The van der Waals surface area contributed by atoms with Crippen molar-refractivity contribution in [1.29, 1.82) is 0 Å². The third kappa shape index (κ3) is 5.19. The second kappa shape index (κ2) is 6.02. The Labute approximate surface area is 98.0 Å². The third-order valence-corrected chi connectivity index (χ3v) is 2.35. The number of ether oxygens (including phenoxy) is 1. The molecule has 2 nitrogen and oxygen atoms in total. The first-order valence-corrected chi connectivity index (χ1v) is 5.31. The van der Waals surface area contributed by atoms with Crippen molar-refractivity contribution in [2.45, 2.75) is 31.7 Å². The summed E-state index contributed by atoms with van der Waals surface area (Å²) in [6.07, 6.45) is -6.81. The second-order valence-corrected chi connectivity index (χ2v) is 3.80. The summed E-state index contributed by atoms with van der Waals surface area (Å²) in [7, 11) is 0. The summed E-state index contributed by atoms with van der Waals surface area (Å²) in [5.74, 6) is 0. The fourth-order valence-corrected chi connectivity index (χ4v) is 1.37. The van der Waals surface area contributed by atoms with Gasteiger partial charge in [-0.25, -0.2) is 0 Å². The van der Waals surface area contributed by atoms with E-state index in [2.05, 4.69) is 0 Å². The number of hydrogen-bond acceptors (Lipinski definition) is 2. The third-order valence-electron chi connectivity index (χ3n) is 2.35. The maximum atomic E-state index is 11.9. The fraction of sp³-hybridized carbons (Fsp3) is 0.500. The molecule has 96 valence electrons. The summed E-state index contributed by atoms with van der Waals surface area (Å²) in [5, 5.41) is 9.81. The molecule has 0 aliphatic rings. The molecule has 1 aromatic carbocycles. The average Bonchev–Trinajstić information content (AvgIpc) is 2.27. The van der Waals surface area contributed by atoms with E-state index < -0.39 is 31.4 Å². The monoisotopic (exact) mass is 248 g/mol. The number of benzene rings is 1. The molecule has 0 fully saturated rings. The highest BCUT2D eigenvalue weighted by Gasteiger charge is 2.27. The second-order valence-electron chi connectivity index (χ2n) is 3.80. The molecular formula is C12H15F3O2. The van der Waals surface area contributed by atoms with Gasteiger partial charge in [0.2, 0.25) is 0 Å². The van der Waals surface area contributed by atoms with Crippen molar-refractivity contribution in [3.05, 3.63) is 35.9 Å². The lowest BCUT2D eigenvalue weighted by molar-refractivity contribution is -0.153. The molecule has 0 aliphatic carbocycles. The first kappa shape index (κ1) is 14.0. The van der Waals surface area contributed by atoms with E-state index in [1.807, 2.05) is 0 Å². The van der Waals surface area contributed by atoms with Gasteiger partial charge in [0.25, 0.3) is 0 Å². The molecule has 0 radical (unpaired) electrons. The van der Waals surface area contributed by atoms with E-state index in [-0.39, 0.29) is 0 Å². The van der Waals surface area contributed by atoms with E-state index >= 15 is 0 Å². The van der Waals surface area contributed by atoms with E-state index in [0.717, 1.165) is 0 Å². The quantitative estimate of drug-likeness (QED) is 0.867. The summed E-state index contributed by atoms with van der Waals surface area (Å²) in [6, 6.07) is 8.70. The number of alkyl halides is 3. The van der Waals surface area contributed by atoms with Gasteiger partial charge in [-0.2, -0.15) is 13.2 Å². The van der Waals surface area contributed by atoms with Crippen LogP contribution in [0, 0.1) is 0 Å². The molecule has 17 heavy (non-hydrogen) atoms. The zero-order chi connectivity index (χ0) is 12.9. The lowest BCUT2D eigenvalue weighted by Crippen LogP contribution is -2.21. The van der Waals surface area contributed by atoms with Crippen LogP contribution in [0.1, 0.15) is 25.0 Å². The van der Waals surface area contributed by atoms with Gasteiger partial charge in [0, 0.05) is 0 Å². The van der Waals surface area contributed by atoms with Gasteiger partial charge < -0.3 is 9.84 Å². The van der Waals surface area contributed by atoms with Crippen LogP contribution in [0.4, 0.5) is 13.2 Å². The minimum atomic E-state index is -4.22. The number of hydrogen-bond donors (Lipinski definition) is 1. The predicted octanol–water partition coefficient (Wildman–Crippen LogP) is 3.08. The number of aliphatic hydroxyl groups excluding tert-OH is 1. The molecule has 1 aromatic rings. The normalized spacial score (nSPS) is 15.6. The van der Waals surface area contributed by atoms with E-state index in [0.29, 0.717) is 5.56 Å². The van der Waals surface area contributed by atoms with Crippen molar-refractivity contribution in [2.24, 2.45) is 0 Å². The van der Waals surface area contributed by atoms with Crippen molar-refractivity contribution in [3.8, 4) is 0 Å². The molecule has 0 saturated heterocycles. The van der Waals surface area contributed by atoms with Crippen molar-refractivity contribution >= 4 is 0 Å². The SMILES string of the molecule is CC(OCCC(F)(F)F)C(O)c1ccccc1. The van der Waals surface area contributed by atoms with Crippen molar-refractivity contribution in [3.63, 3.8) is 0 Å². The van der Waals surface area contributed by atoms with Gasteiger partial charge in [0.15, 0.2) is 0 Å². The molecule has 0 amide bonds. The molecule has 0 bridgehead atoms. The largest absolute Gasteiger partial charge is 0.391 e. The standard InChI is InChI=1S/C12H15F3O2/c1-9(17-8-7-12(13,14)15)11(16)10-5-3-2-4-6-10/h2-6,9,11,16H,7-8H2,1H3. The molecule has 1 rings (SSSR count). The average molecular weight is 248 g/mol. The van der Waals surface area contributed by atoms with Crippen molar-refractivity contribution in [2.75, 3.05) is 6.61 Å². The van der Waals surface area contributed by atoms with Gasteiger partial charge in [0.1, 0.15) is 6.10 Å². The topological polar surface area (TPSA) is 29.5 Å². The summed E-state index contributed by atoms with van der Waals surface area (Å²) in [4.78, 5) is 0. The highest BCUT2D eigenvalue weighted by atomic mass is 19.4. The molecule has 1 N–H and O–H groups in total.